The highest BCUT2D eigenvalue weighted by molar-refractivity contribution is 5.89. The predicted molar refractivity (Wildman–Crippen MR) is 94.5 cm³/mol. The smallest absolute Gasteiger partial charge is 0.317 e. The van der Waals surface area contributed by atoms with Crippen molar-refractivity contribution in [2.45, 2.75) is 32.7 Å². The van der Waals surface area contributed by atoms with Crippen LogP contribution in [0.4, 0.5) is 10.5 Å². The minimum Gasteiger partial charge on any atom is -0.317 e. The lowest BCUT2D eigenvalue weighted by molar-refractivity contribution is 0.189. The Bertz CT molecular complexity index is 664. The first kappa shape index (κ1) is 15.6. The van der Waals surface area contributed by atoms with Gasteiger partial charge in [0.2, 0.25) is 0 Å². The third-order valence-corrected chi connectivity index (χ3v) is 4.43. The molecule has 0 saturated heterocycles. The highest BCUT2D eigenvalue weighted by atomic mass is 16.2. The number of aryl methyl sites for hydroxylation is 1. The Labute approximate surface area is 138 Å². The second-order valence-electron chi connectivity index (χ2n) is 6.48. The lowest BCUT2D eigenvalue weighted by Crippen LogP contribution is -2.38. The van der Waals surface area contributed by atoms with Gasteiger partial charge in [-0.3, -0.25) is 0 Å². The summed E-state index contributed by atoms with van der Waals surface area (Å²) in [6.45, 7) is 4.96. The van der Waals surface area contributed by atoms with Crippen LogP contribution in [0.25, 0.3) is 0 Å². The third kappa shape index (κ3) is 4.13. The molecule has 1 N–H and O–H groups in total. The fourth-order valence-corrected chi connectivity index (χ4v) is 2.83. The molecule has 0 heterocycles. The van der Waals surface area contributed by atoms with Crippen LogP contribution in [0.1, 0.15) is 36.9 Å². The first-order valence-electron chi connectivity index (χ1n) is 8.32. The van der Waals surface area contributed by atoms with E-state index in [0.717, 1.165) is 17.8 Å². The summed E-state index contributed by atoms with van der Waals surface area (Å²) in [5.74, 6) is 0.657. The Kier molecular flexibility index (Phi) is 4.65. The standard InChI is InChI=1S/C20H24N2O/c1-15-7-6-10-19(13-15)21-20(23)22(14-17-11-12-17)16(2)18-8-4-3-5-9-18/h3-10,13,16-17H,11-12,14H2,1-2H3,(H,21,23). The third-order valence-electron chi connectivity index (χ3n) is 4.43. The number of benzene rings is 2. The average Bonchev–Trinajstić information content (AvgIpc) is 3.37. The van der Waals surface area contributed by atoms with Gasteiger partial charge in [-0.15, -0.1) is 0 Å². The van der Waals surface area contributed by atoms with Crippen LogP contribution >= 0.6 is 0 Å². The van der Waals surface area contributed by atoms with Crippen LogP contribution in [0.15, 0.2) is 54.6 Å². The summed E-state index contributed by atoms with van der Waals surface area (Å²) in [5.41, 5.74) is 3.18. The molecule has 0 aromatic heterocycles. The maximum atomic E-state index is 12.8. The summed E-state index contributed by atoms with van der Waals surface area (Å²) >= 11 is 0. The first-order valence-corrected chi connectivity index (χ1v) is 8.32. The zero-order valence-corrected chi connectivity index (χ0v) is 13.8. The molecule has 1 unspecified atom stereocenters. The second kappa shape index (κ2) is 6.86. The maximum absolute atomic E-state index is 12.8. The summed E-state index contributed by atoms with van der Waals surface area (Å²) < 4.78 is 0. The first-order chi connectivity index (χ1) is 11.1. The molecule has 1 aliphatic carbocycles. The summed E-state index contributed by atoms with van der Waals surface area (Å²) in [5, 5.41) is 3.05. The fourth-order valence-electron chi connectivity index (χ4n) is 2.83. The van der Waals surface area contributed by atoms with Crippen LogP contribution in [0.3, 0.4) is 0 Å². The van der Waals surface area contributed by atoms with Crippen LogP contribution < -0.4 is 5.32 Å². The van der Waals surface area contributed by atoms with Crippen LogP contribution in [0, 0.1) is 12.8 Å². The van der Waals surface area contributed by atoms with E-state index in [2.05, 4.69) is 24.4 Å². The van der Waals surface area contributed by atoms with E-state index in [1.165, 1.54) is 18.4 Å². The van der Waals surface area contributed by atoms with Crippen LogP contribution in [0.5, 0.6) is 0 Å². The van der Waals surface area contributed by atoms with E-state index >= 15 is 0 Å². The van der Waals surface area contributed by atoms with Gasteiger partial charge in [-0.1, -0.05) is 42.5 Å². The Morgan fingerprint density at radius 3 is 2.57 bits per heavy atom. The number of nitrogens with one attached hydrogen (secondary N) is 1. The molecule has 120 valence electrons. The number of rotatable bonds is 5. The lowest BCUT2D eigenvalue weighted by atomic mass is 10.1. The van der Waals surface area contributed by atoms with Crippen molar-refractivity contribution < 1.29 is 4.79 Å². The normalized spacial score (nSPS) is 15.0. The molecule has 1 aliphatic rings. The van der Waals surface area contributed by atoms with Gasteiger partial charge in [0.15, 0.2) is 0 Å². The largest absolute Gasteiger partial charge is 0.322 e. The van der Waals surface area contributed by atoms with Crippen molar-refractivity contribution in [3.63, 3.8) is 0 Å². The molecule has 3 heteroatoms. The molecule has 2 aromatic rings. The molecule has 0 radical (unpaired) electrons. The minimum atomic E-state index is -0.0150. The average molecular weight is 308 g/mol. The molecular weight excluding hydrogens is 284 g/mol. The van der Waals surface area contributed by atoms with E-state index < -0.39 is 0 Å². The highest BCUT2D eigenvalue weighted by Gasteiger charge is 2.30. The molecule has 1 fully saturated rings. The van der Waals surface area contributed by atoms with Crippen molar-refractivity contribution in [2.24, 2.45) is 5.92 Å². The summed E-state index contributed by atoms with van der Waals surface area (Å²) in [4.78, 5) is 14.8. The number of amides is 2. The topological polar surface area (TPSA) is 32.3 Å². The van der Waals surface area contributed by atoms with E-state index in [1.807, 2.05) is 54.3 Å². The molecule has 0 spiro atoms. The van der Waals surface area contributed by atoms with E-state index in [1.54, 1.807) is 0 Å². The molecular formula is C20H24N2O. The van der Waals surface area contributed by atoms with Crippen molar-refractivity contribution in [1.29, 1.82) is 0 Å². The fraction of sp³-hybridized carbons (Fsp3) is 0.350. The van der Waals surface area contributed by atoms with E-state index in [-0.39, 0.29) is 12.1 Å². The predicted octanol–water partition coefficient (Wildman–Crippen LogP) is 5.00. The number of hydrogen-bond donors (Lipinski definition) is 1. The van der Waals surface area contributed by atoms with E-state index in [4.69, 9.17) is 0 Å². The molecule has 3 nitrogen and oxygen atoms in total. The molecule has 2 aromatic carbocycles. The van der Waals surface area contributed by atoms with Crippen molar-refractivity contribution in [1.82, 2.24) is 4.90 Å². The molecule has 1 saturated carbocycles. The summed E-state index contributed by atoms with van der Waals surface area (Å²) in [6.07, 6.45) is 2.46. The van der Waals surface area contributed by atoms with Gasteiger partial charge in [0.1, 0.15) is 0 Å². The van der Waals surface area contributed by atoms with Crippen molar-refractivity contribution >= 4 is 11.7 Å². The Morgan fingerprint density at radius 2 is 1.91 bits per heavy atom. The number of anilines is 1. The molecule has 3 rings (SSSR count). The van der Waals surface area contributed by atoms with Gasteiger partial charge in [-0.2, -0.15) is 0 Å². The number of hydrogen-bond acceptors (Lipinski definition) is 1. The SMILES string of the molecule is Cc1cccc(NC(=O)N(CC2CC2)C(C)c2ccccc2)c1. The number of urea groups is 1. The van der Waals surface area contributed by atoms with E-state index in [0.29, 0.717) is 5.92 Å². The molecule has 0 bridgehead atoms. The van der Waals surface area contributed by atoms with Gasteiger partial charge in [0, 0.05) is 12.2 Å². The highest BCUT2D eigenvalue weighted by Crippen LogP contribution is 2.33. The number of nitrogens with zero attached hydrogens (tertiary/aromatic N) is 1. The van der Waals surface area contributed by atoms with Crippen LogP contribution in [-0.4, -0.2) is 17.5 Å². The quantitative estimate of drug-likeness (QED) is 0.828. The van der Waals surface area contributed by atoms with Crippen molar-refractivity contribution in [2.75, 3.05) is 11.9 Å². The number of carbonyl (C=O) groups excluding carboxylic acids is 1. The van der Waals surface area contributed by atoms with Gasteiger partial charge in [0.05, 0.1) is 6.04 Å². The van der Waals surface area contributed by atoms with Gasteiger partial charge in [0.25, 0.3) is 0 Å². The Morgan fingerprint density at radius 1 is 1.17 bits per heavy atom. The summed E-state index contributed by atoms with van der Waals surface area (Å²) in [6, 6.07) is 18.2. The zero-order chi connectivity index (χ0) is 16.2. The maximum Gasteiger partial charge on any atom is 0.322 e. The van der Waals surface area contributed by atoms with Crippen molar-refractivity contribution in [3.8, 4) is 0 Å². The van der Waals surface area contributed by atoms with Crippen molar-refractivity contribution in [3.05, 3.63) is 65.7 Å². The van der Waals surface area contributed by atoms with Gasteiger partial charge < -0.3 is 10.2 Å². The minimum absolute atomic E-state index is 0.0150. The molecule has 0 aliphatic heterocycles. The monoisotopic (exact) mass is 308 g/mol. The van der Waals surface area contributed by atoms with Gasteiger partial charge >= 0.3 is 6.03 Å². The van der Waals surface area contributed by atoms with E-state index in [9.17, 15) is 4.79 Å². The Balaban J connectivity index is 1.76. The van der Waals surface area contributed by atoms with Gasteiger partial charge in [-0.25, -0.2) is 4.79 Å². The zero-order valence-electron chi connectivity index (χ0n) is 13.8. The Hall–Kier alpha value is -2.29. The van der Waals surface area contributed by atoms with Crippen LogP contribution in [-0.2, 0) is 0 Å². The van der Waals surface area contributed by atoms with Crippen LogP contribution in [0.2, 0.25) is 0 Å². The summed E-state index contributed by atoms with van der Waals surface area (Å²) in [7, 11) is 0. The molecule has 1 atom stereocenters. The lowest BCUT2D eigenvalue weighted by Gasteiger charge is -2.30. The molecule has 2 amide bonds. The second-order valence-corrected chi connectivity index (χ2v) is 6.48. The molecule has 23 heavy (non-hydrogen) atoms. The van der Waals surface area contributed by atoms with Gasteiger partial charge in [-0.05, 0) is 55.9 Å². The number of carbonyl (C=O) groups is 1.